The van der Waals surface area contributed by atoms with Crippen molar-refractivity contribution < 1.29 is 28.4 Å². The van der Waals surface area contributed by atoms with Gasteiger partial charge in [0.2, 0.25) is 11.2 Å². The van der Waals surface area contributed by atoms with Crippen LogP contribution in [0.5, 0.6) is 0 Å². The van der Waals surface area contributed by atoms with Crippen molar-refractivity contribution in [2.24, 2.45) is 0 Å². The van der Waals surface area contributed by atoms with Crippen molar-refractivity contribution in [3.8, 4) is 6.07 Å². The summed E-state index contributed by atoms with van der Waals surface area (Å²) < 4.78 is 15.4. The Morgan fingerprint density at radius 3 is 2.90 bits per heavy atom. The van der Waals surface area contributed by atoms with Crippen molar-refractivity contribution in [1.29, 1.82) is 5.26 Å². The first-order valence-corrected chi connectivity index (χ1v) is 10.2. The zero-order valence-corrected chi connectivity index (χ0v) is 17.4. The molecule has 158 valence electrons. The average Bonchev–Trinajstić information content (AvgIpc) is 3.21. The summed E-state index contributed by atoms with van der Waals surface area (Å²) in [5.74, 6) is -0.807. The summed E-state index contributed by atoms with van der Waals surface area (Å²) in [6.45, 7) is 6.10. The van der Waals surface area contributed by atoms with E-state index in [0.717, 1.165) is 11.8 Å². The summed E-state index contributed by atoms with van der Waals surface area (Å²) in [6, 6.07) is 3.48. The van der Waals surface area contributed by atoms with E-state index in [2.05, 4.69) is 15.6 Å². The van der Waals surface area contributed by atoms with Crippen LogP contribution in [0.2, 0.25) is 0 Å². The van der Waals surface area contributed by atoms with Gasteiger partial charge in [-0.05, 0) is 19.9 Å². The van der Waals surface area contributed by atoms with E-state index in [1.807, 2.05) is 11.1 Å². The van der Waals surface area contributed by atoms with Crippen molar-refractivity contribution in [1.82, 2.24) is 10.3 Å². The van der Waals surface area contributed by atoms with E-state index in [0.29, 0.717) is 32.0 Å². The molecule has 0 spiro atoms. The lowest BCUT2D eigenvalue weighted by atomic mass is 10.1. The van der Waals surface area contributed by atoms with Gasteiger partial charge in [0.15, 0.2) is 0 Å². The van der Waals surface area contributed by atoms with Crippen molar-refractivity contribution in [2.45, 2.75) is 18.9 Å². The average molecular weight is 433 g/mol. The van der Waals surface area contributed by atoms with Crippen molar-refractivity contribution in [3.63, 3.8) is 0 Å². The predicted octanol–water partition coefficient (Wildman–Crippen LogP) is 0.413. The van der Waals surface area contributed by atoms with E-state index in [4.69, 9.17) is 14.0 Å². The molecule has 11 nitrogen and oxygen atoms in total. The normalized spacial score (nSPS) is 13.6. The minimum Gasteiger partial charge on any atom is -0.462 e. The van der Waals surface area contributed by atoms with Crippen molar-refractivity contribution >= 4 is 29.5 Å². The number of nitrogens with one attached hydrogen (secondary N) is 1. The molecule has 2 aromatic rings. The third kappa shape index (κ3) is 5.25. The molecule has 1 aliphatic rings. The molecule has 0 unspecified atom stereocenters. The number of hydrogen-bond acceptors (Lipinski definition) is 10. The Kier molecular flexibility index (Phi) is 7.21. The van der Waals surface area contributed by atoms with E-state index < -0.39 is 5.97 Å². The molecule has 0 radical (unpaired) electrons. The van der Waals surface area contributed by atoms with Crippen LogP contribution in [0.4, 0.5) is 5.88 Å². The standard InChI is InChI=1S/C18H20N6O5S/c1-3-28-18(26)13-8-12(2)20-17(14(13)9-19)30-11-15(25)21-16-10-24(22-29-16)23-4-6-27-7-5-23/h8,10H,3-7,11H2,1-2H3/p+1. The number of aryl methyl sites for hydroxylation is 1. The fourth-order valence-electron chi connectivity index (χ4n) is 2.72. The number of nitriles is 1. The molecule has 0 saturated carbocycles. The molecule has 1 saturated heterocycles. The number of amides is 1. The van der Waals surface area contributed by atoms with Gasteiger partial charge in [0.25, 0.3) is 6.20 Å². The molecule has 0 aliphatic carbocycles. The quantitative estimate of drug-likeness (QED) is 0.372. The first kappa shape index (κ1) is 21.5. The summed E-state index contributed by atoms with van der Waals surface area (Å²) in [6.07, 6.45) is 1.57. The van der Waals surface area contributed by atoms with E-state index in [9.17, 15) is 14.9 Å². The Hall–Kier alpha value is -3.17. The fraction of sp³-hybridized carbons (Fsp3) is 0.444. The van der Waals surface area contributed by atoms with Gasteiger partial charge < -0.3 is 9.47 Å². The Morgan fingerprint density at radius 1 is 1.43 bits per heavy atom. The van der Waals surface area contributed by atoms with Crippen molar-refractivity contribution in [3.05, 3.63) is 29.1 Å². The maximum absolute atomic E-state index is 12.3. The molecule has 12 heteroatoms. The van der Waals surface area contributed by atoms with Gasteiger partial charge in [0, 0.05) is 5.69 Å². The van der Waals surface area contributed by atoms with Crippen LogP contribution in [0.25, 0.3) is 0 Å². The number of rotatable bonds is 7. The lowest BCUT2D eigenvalue weighted by molar-refractivity contribution is -0.759. The number of carbonyl (C=O) groups excluding carboxylic acids is 2. The molecule has 0 atom stereocenters. The molecule has 1 N–H and O–H groups in total. The highest BCUT2D eigenvalue weighted by Gasteiger charge is 2.24. The highest BCUT2D eigenvalue weighted by atomic mass is 32.2. The number of nitrogens with zero attached hydrogens (tertiary/aromatic N) is 5. The van der Waals surface area contributed by atoms with E-state index in [1.165, 1.54) is 10.9 Å². The number of anilines is 1. The minimum absolute atomic E-state index is 0.0361. The predicted molar refractivity (Wildman–Crippen MR) is 104 cm³/mol. The topological polar surface area (TPSA) is 134 Å². The Morgan fingerprint density at radius 2 is 2.20 bits per heavy atom. The van der Waals surface area contributed by atoms with Gasteiger partial charge in [-0.25, -0.2) is 9.78 Å². The number of thioether (sulfide) groups is 1. The SMILES string of the molecule is CCOC(=O)c1cc(C)nc(SCC(=O)Nc2c[n+](N3CCOCC3)no2)c1C#N. The molecule has 0 aromatic carbocycles. The zero-order chi connectivity index (χ0) is 21.5. The van der Waals surface area contributed by atoms with Gasteiger partial charge in [-0.3, -0.25) is 14.6 Å². The van der Waals surface area contributed by atoms with Crippen LogP contribution >= 0.6 is 11.8 Å². The molecule has 2 aromatic heterocycles. The monoisotopic (exact) mass is 433 g/mol. The van der Waals surface area contributed by atoms with Crippen molar-refractivity contribution in [2.75, 3.05) is 49.0 Å². The molecule has 1 amide bonds. The minimum atomic E-state index is -0.597. The molecule has 3 heterocycles. The van der Waals surface area contributed by atoms with Gasteiger partial charge >= 0.3 is 11.9 Å². The third-order valence-corrected chi connectivity index (χ3v) is 5.03. The van der Waals surface area contributed by atoms with Gasteiger partial charge in [-0.1, -0.05) is 11.8 Å². The molecule has 1 fully saturated rings. The fourth-order valence-corrected chi connectivity index (χ4v) is 3.57. The summed E-state index contributed by atoms with van der Waals surface area (Å²) in [4.78, 5) is 30.2. The van der Waals surface area contributed by atoms with Crippen LogP contribution < -0.4 is 15.1 Å². The Labute approximate surface area is 176 Å². The number of esters is 1. The molecular weight excluding hydrogens is 412 g/mol. The smallest absolute Gasteiger partial charge is 0.339 e. The van der Waals surface area contributed by atoms with Crippen LogP contribution in [0.3, 0.4) is 0 Å². The van der Waals surface area contributed by atoms with Crippen LogP contribution in [0, 0.1) is 18.3 Å². The number of ether oxygens (including phenoxy) is 2. The summed E-state index contributed by atoms with van der Waals surface area (Å²) >= 11 is 1.05. The number of hydrogen-bond donors (Lipinski definition) is 1. The first-order valence-electron chi connectivity index (χ1n) is 9.25. The molecule has 30 heavy (non-hydrogen) atoms. The van der Waals surface area contributed by atoms with Crippen LogP contribution in [-0.2, 0) is 14.3 Å². The van der Waals surface area contributed by atoms with E-state index in [1.54, 1.807) is 20.0 Å². The molecular formula is C18H21N6O5S+. The van der Waals surface area contributed by atoms with Gasteiger partial charge in [0.05, 0.1) is 54.6 Å². The van der Waals surface area contributed by atoms with Gasteiger partial charge in [-0.2, -0.15) is 5.26 Å². The summed E-state index contributed by atoms with van der Waals surface area (Å²) in [5.41, 5.74) is 0.764. The summed E-state index contributed by atoms with van der Waals surface area (Å²) in [7, 11) is 0. The highest BCUT2D eigenvalue weighted by Crippen LogP contribution is 2.25. The number of pyridine rings is 1. The molecule has 1 aliphatic heterocycles. The van der Waals surface area contributed by atoms with Gasteiger partial charge in [0.1, 0.15) is 11.1 Å². The number of aromatic nitrogens is 3. The first-order chi connectivity index (χ1) is 14.5. The second-order valence-corrected chi connectivity index (χ2v) is 7.18. The maximum Gasteiger partial charge on any atom is 0.339 e. The maximum atomic E-state index is 12.3. The summed E-state index contributed by atoms with van der Waals surface area (Å²) in [5, 5.41) is 18.2. The second-order valence-electron chi connectivity index (χ2n) is 6.21. The van der Waals surface area contributed by atoms with Crippen LogP contribution in [0.15, 0.2) is 21.8 Å². The lowest BCUT2D eigenvalue weighted by Gasteiger charge is -2.18. The van der Waals surface area contributed by atoms with E-state index >= 15 is 0 Å². The number of carbonyl (C=O) groups is 2. The molecule has 3 rings (SSSR count). The lowest BCUT2D eigenvalue weighted by Crippen LogP contribution is -2.62. The largest absolute Gasteiger partial charge is 0.462 e. The van der Waals surface area contributed by atoms with Crippen LogP contribution in [0.1, 0.15) is 28.5 Å². The second kappa shape index (κ2) is 10.0. The van der Waals surface area contributed by atoms with Gasteiger partial charge in [-0.15, -0.1) is 5.01 Å². The van der Waals surface area contributed by atoms with Crippen LogP contribution in [-0.4, -0.2) is 60.8 Å². The molecule has 0 bridgehead atoms. The number of morpholine rings is 1. The van der Waals surface area contributed by atoms with E-state index in [-0.39, 0.29) is 40.3 Å². The zero-order valence-electron chi connectivity index (χ0n) is 16.6. The Bertz CT molecular complexity index is 966. The highest BCUT2D eigenvalue weighted by molar-refractivity contribution is 8.00. The Balaban J connectivity index is 1.64. The third-order valence-electron chi connectivity index (χ3n) is 4.06.